The molecule has 0 spiro atoms. The minimum absolute atomic E-state index is 0.0198. The molecule has 4 N–H and O–H groups in total. The van der Waals surface area contributed by atoms with Crippen molar-refractivity contribution in [1.29, 1.82) is 0 Å². The number of rotatable bonds is 7. The van der Waals surface area contributed by atoms with Gasteiger partial charge in [0.25, 0.3) is 0 Å². The highest BCUT2D eigenvalue weighted by atomic mass is 35.5. The summed E-state index contributed by atoms with van der Waals surface area (Å²) in [6.07, 6.45) is 0.163. The number of primary amides is 1. The van der Waals surface area contributed by atoms with Crippen LogP contribution in [0.2, 0.25) is 5.02 Å². The van der Waals surface area contributed by atoms with Gasteiger partial charge in [-0.1, -0.05) is 23.7 Å². The topological polar surface area (TPSA) is 84.2 Å². The van der Waals surface area contributed by atoms with Crippen molar-refractivity contribution in [2.75, 3.05) is 13.1 Å². The van der Waals surface area contributed by atoms with Crippen molar-refractivity contribution in [2.45, 2.75) is 13.0 Å². The van der Waals surface area contributed by atoms with Gasteiger partial charge in [0.05, 0.1) is 11.6 Å². The zero-order chi connectivity index (χ0) is 14.3. The van der Waals surface area contributed by atoms with E-state index in [2.05, 4.69) is 10.6 Å². The molecule has 0 aliphatic carbocycles. The fourth-order valence-corrected chi connectivity index (χ4v) is 1.55. The molecule has 0 radical (unpaired) electrons. The summed E-state index contributed by atoms with van der Waals surface area (Å²) < 4.78 is 13.5. The second kappa shape index (κ2) is 7.70. The maximum absolute atomic E-state index is 13.5. The van der Waals surface area contributed by atoms with Crippen LogP contribution >= 0.6 is 11.6 Å². The van der Waals surface area contributed by atoms with Crippen LogP contribution in [-0.4, -0.2) is 24.9 Å². The van der Waals surface area contributed by atoms with E-state index in [-0.39, 0.29) is 30.4 Å². The molecule has 104 valence electrons. The lowest BCUT2D eigenvalue weighted by molar-refractivity contribution is -0.121. The van der Waals surface area contributed by atoms with E-state index in [0.717, 1.165) is 0 Å². The predicted octanol–water partition coefficient (Wildman–Crippen LogP) is 0.560. The van der Waals surface area contributed by atoms with Gasteiger partial charge in [-0.15, -0.1) is 0 Å². The molecule has 0 saturated carbocycles. The van der Waals surface area contributed by atoms with Crippen LogP contribution in [0.1, 0.15) is 12.0 Å². The van der Waals surface area contributed by atoms with Crippen molar-refractivity contribution in [3.8, 4) is 0 Å². The zero-order valence-electron chi connectivity index (χ0n) is 10.2. The Kier molecular flexibility index (Phi) is 6.24. The van der Waals surface area contributed by atoms with Crippen molar-refractivity contribution in [2.24, 2.45) is 5.73 Å². The maximum atomic E-state index is 13.5. The van der Waals surface area contributed by atoms with Crippen LogP contribution in [-0.2, 0) is 16.1 Å². The van der Waals surface area contributed by atoms with E-state index >= 15 is 0 Å². The molecule has 2 amide bonds. The molecule has 5 nitrogen and oxygen atoms in total. The van der Waals surface area contributed by atoms with Crippen LogP contribution in [0.5, 0.6) is 0 Å². The summed E-state index contributed by atoms with van der Waals surface area (Å²) in [5.74, 6) is -1.27. The summed E-state index contributed by atoms with van der Waals surface area (Å²) in [5, 5.41) is 5.30. The number of halogens is 2. The van der Waals surface area contributed by atoms with E-state index in [1.807, 2.05) is 0 Å². The summed E-state index contributed by atoms with van der Waals surface area (Å²) in [6.45, 7) is 0.423. The minimum atomic E-state index is -0.536. The number of hydrogen-bond acceptors (Lipinski definition) is 3. The summed E-state index contributed by atoms with van der Waals surface area (Å²) in [7, 11) is 0. The van der Waals surface area contributed by atoms with E-state index in [9.17, 15) is 14.0 Å². The molecule has 0 aliphatic heterocycles. The number of amides is 2. The van der Waals surface area contributed by atoms with Gasteiger partial charge in [-0.2, -0.15) is 0 Å². The van der Waals surface area contributed by atoms with E-state index in [1.165, 1.54) is 6.07 Å². The second-order valence-corrected chi connectivity index (χ2v) is 4.29. The Hall–Kier alpha value is -1.66. The van der Waals surface area contributed by atoms with E-state index in [0.29, 0.717) is 12.1 Å². The van der Waals surface area contributed by atoms with Gasteiger partial charge < -0.3 is 16.4 Å². The minimum Gasteiger partial charge on any atom is -0.370 e. The third-order valence-electron chi connectivity index (χ3n) is 2.34. The van der Waals surface area contributed by atoms with Gasteiger partial charge in [0, 0.05) is 25.1 Å². The first-order valence-electron chi connectivity index (χ1n) is 5.69. The van der Waals surface area contributed by atoms with Crippen molar-refractivity contribution in [1.82, 2.24) is 10.6 Å². The quantitative estimate of drug-likeness (QED) is 0.641. The molecule has 0 aromatic heterocycles. The highest BCUT2D eigenvalue weighted by molar-refractivity contribution is 6.30. The summed E-state index contributed by atoms with van der Waals surface area (Å²) in [6, 6.07) is 4.59. The summed E-state index contributed by atoms with van der Waals surface area (Å²) in [4.78, 5) is 21.9. The molecule has 1 rings (SSSR count). The Bertz CT molecular complexity index is 468. The average Bonchev–Trinajstić information content (AvgIpc) is 2.36. The number of benzene rings is 1. The molecule has 0 saturated heterocycles. The maximum Gasteiger partial charge on any atom is 0.234 e. The molecule has 0 aliphatic rings. The lowest BCUT2D eigenvalue weighted by Gasteiger charge is -2.07. The van der Waals surface area contributed by atoms with Gasteiger partial charge in [0.15, 0.2) is 0 Å². The van der Waals surface area contributed by atoms with Gasteiger partial charge in [-0.25, -0.2) is 4.39 Å². The summed E-state index contributed by atoms with van der Waals surface area (Å²) >= 11 is 5.62. The number of carbonyl (C=O) groups excluding carboxylic acids is 2. The lowest BCUT2D eigenvalue weighted by Crippen LogP contribution is -2.35. The zero-order valence-corrected chi connectivity index (χ0v) is 11.0. The molecule has 0 atom stereocenters. The van der Waals surface area contributed by atoms with Crippen LogP contribution < -0.4 is 16.4 Å². The van der Waals surface area contributed by atoms with Crippen LogP contribution in [0.15, 0.2) is 18.2 Å². The number of hydrogen-bond donors (Lipinski definition) is 3. The molecule has 19 heavy (non-hydrogen) atoms. The Balaban J connectivity index is 2.30. The van der Waals surface area contributed by atoms with Gasteiger partial charge in [-0.3, -0.25) is 9.59 Å². The largest absolute Gasteiger partial charge is 0.370 e. The second-order valence-electron chi connectivity index (χ2n) is 3.88. The molecule has 7 heteroatoms. The molecular formula is C12H15ClFN3O2. The van der Waals surface area contributed by atoms with Gasteiger partial charge >= 0.3 is 0 Å². The summed E-state index contributed by atoms with van der Waals surface area (Å²) in [5.41, 5.74) is 5.26. The third kappa shape index (κ3) is 5.67. The normalized spacial score (nSPS) is 10.2. The van der Waals surface area contributed by atoms with Crippen molar-refractivity contribution >= 4 is 23.4 Å². The Morgan fingerprint density at radius 2 is 2.11 bits per heavy atom. The third-order valence-corrected chi connectivity index (χ3v) is 2.63. The monoisotopic (exact) mass is 287 g/mol. The fraction of sp³-hybridized carbons (Fsp3) is 0.333. The fourth-order valence-electron chi connectivity index (χ4n) is 1.35. The van der Waals surface area contributed by atoms with E-state index in [4.69, 9.17) is 17.3 Å². The van der Waals surface area contributed by atoms with Crippen molar-refractivity contribution in [3.63, 3.8) is 0 Å². The number of nitrogens with two attached hydrogens (primary N) is 1. The SMILES string of the molecule is NC(=O)CCNCC(=O)NCc1cccc(Cl)c1F. The van der Waals surface area contributed by atoms with E-state index in [1.54, 1.807) is 12.1 Å². The molecule has 1 aromatic carbocycles. The molecule has 1 aromatic rings. The highest BCUT2D eigenvalue weighted by Crippen LogP contribution is 2.17. The highest BCUT2D eigenvalue weighted by Gasteiger charge is 2.07. The van der Waals surface area contributed by atoms with Crippen LogP contribution in [0, 0.1) is 5.82 Å². The van der Waals surface area contributed by atoms with Crippen molar-refractivity contribution in [3.05, 3.63) is 34.6 Å². The number of nitrogens with one attached hydrogen (secondary N) is 2. The smallest absolute Gasteiger partial charge is 0.234 e. The standard InChI is InChI=1S/C12H15ClFN3O2/c13-9-3-1-2-8(12(9)14)6-17-11(19)7-16-5-4-10(15)18/h1-3,16H,4-7H2,(H2,15,18)(H,17,19). The predicted molar refractivity (Wildman–Crippen MR) is 69.9 cm³/mol. The van der Waals surface area contributed by atoms with Gasteiger partial charge in [0.2, 0.25) is 11.8 Å². The Morgan fingerprint density at radius 1 is 1.37 bits per heavy atom. The molecule has 0 fully saturated rings. The Morgan fingerprint density at radius 3 is 2.79 bits per heavy atom. The first-order chi connectivity index (χ1) is 9.00. The number of carbonyl (C=O) groups is 2. The van der Waals surface area contributed by atoms with E-state index < -0.39 is 11.7 Å². The average molecular weight is 288 g/mol. The Labute approximate surface area is 115 Å². The van der Waals surface area contributed by atoms with Gasteiger partial charge in [0.1, 0.15) is 5.82 Å². The first kappa shape index (κ1) is 15.4. The van der Waals surface area contributed by atoms with Crippen molar-refractivity contribution < 1.29 is 14.0 Å². The van der Waals surface area contributed by atoms with Gasteiger partial charge in [-0.05, 0) is 6.07 Å². The first-order valence-corrected chi connectivity index (χ1v) is 6.07. The molecule has 0 unspecified atom stereocenters. The van der Waals surface area contributed by atoms with Crippen LogP contribution in [0.25, 0.3) is 0 Å². The van der Waals surface area contributed by atoms with Crippen LogP contribution in [0.3, 0.4) is 0 Å². The molecular weight excluding hydrogens is 273 g/mol. The lowest BCUT2D eigenvalue weighted by atomic mass is 10.2. The van der Waals surface area contributed by atoms with Crippen LogP contribution in [0.4, 0.5) is 4.39 Å². The molecule has 0 heterocycles. The molecule has 0 bridgehead atoms.